The fraction of sp³-hybridized carbons (Fsp3) is 0.500. The number of aryl methyl sites for hydroxylation is 3. The zero-order chi connectivity index (χ0) is 18.5. The van der Waals surface area contributed by atoms with Crippen molar-refractivity contribution >= 4 is 28.3 Å². The molecule has 0 aromatic carbocycles. The number of nitrogens with zero attached hydrogens (tertiary/aromatic N) is 4. The third-order valence-electron chi connectivity index (χ3n) is 3.98. The molecule has 0 aliphatic carbocycles. The van der Waals surface area contributed by atoms with Gasteiger partial charge in [0.25, 0.3) is 5.91 Å². The maximum Gasteiger partial charge on any atom is 0.289 e. The standard InChI is InChI=1S/C16H22N6O3S/c1-11-9-12(2)22(20-11)4-3-14(23)18-19-15(24)13-10-26-16(17-13)21-5-7-25-8-6-21/h9-10H,3-8H2,1-2H3,(H,18,23)(H,19,24). The second-order valence-electron chi connectivity index (χ2n) is 6.02. The van der Waals surface area contributed by atoms with Crippen LogP contribution in [0.2, 0.25) is 0 Å². The fourth-order valence-corrected chi connectivity index (χ4v) is 3.49. The first-order valence-electron chi connectivity index (χ1n) is 8.41. The molecule has 2 aromatic rings. The van der Waals surface area contributed by atoms with Crippen LogP contribution in [0.15, 0.2) is 11.4 Å². The molecule has 2 amide bonds. The number of hydrazine groups is 1. The zero-order valence-corrected chi connectivity index (χ0v) is 15.6. The molecule has 0 bridgehead atoms. The average molecular weight is 378 g/mol. The third kappa shape index (κ3) is 4.58. The molecule has 9 nitrogen and oxygen atoms in total. The molecule has 3 rings (SSSR count). The van der Waals surface area contributed by atoms with E-state index in [1.165, 1.54) is 11.3 Å². The van der Waals surface area contributed by atoms with Gasteiger partial charge in [-0.2, -0.15) is 5.10 Å². The van der Waals surface area contributed by atoms with Gasteiger partial charge in [0.05, 0.1) is 25.5 Å². The highest BCUT2D eigenvalue weighted by Gasteiger charge is 2.17. The summed E-state index contributed by atoms with van der Waals surface area (Å²) in [7, 11) is 0. The van der Waals surface area contributed by atoms with Gasteiger partial charge in [-0.1, -0.05) is 0 Å². The smallest absolute Gasteiger partial charge is 0.289 e. The molecule has 1 aliphatic rings. The Morgan fingerprint density at radius 2 is 2.04 bits per heavy atom. The van der Waals surface area contributed by atoms with Crippen molar-refractivity contribution in [2.75, 3.05) is 31.2 Å². The molecule has 140 valence electrons. The lowest BCUT2D eigenvalue weighted by Gasteiger charge is -2.25. The Kier molecular flexibility index (Phi) is 5.84. The van der Waals surface area contributed by atoms with Gasteiger partial charge >= 0.3 is 0 Å². The van der Waals surface area contributed by atoms with E-state index >= 15 is 0 Å². The quantitative estimate of drug-likeness (QED) is 0.741. The van der Waals surface area contributed by atoms with Crippen LogP contribution in [0.1, 0.15) is 28.3 Å². The van der Waals surface area contributed by atoms with Gasteiger partial charge < -0.3 is 9.64 Å². The summed E-state index contributed by atoms with van der Waals surface area (Å²) in [6, 6.07) is 1.95. The molecular formula is C16H22N6O3S. The molecular weight excluding hydrogens is 356 g/mol. The zero-order valence-electron chi connectivity index (χ0n) is 14.8. The number of rotatable bonds is 5. The number of ether oxygens (including phenoxy) is 1. The molecule has 2 aromatic heterocycles. The van der Waals surface area contributed by atoms with E-state index in [1.807, 2.05) is 19.9 Å². The van der Waals surface area contributed by atoms with Crippen LogP contribution in [0.3, 0.4) is 0 Å². The van der Waals surface area contributed by atoms with Gasteiger partial charge in [0.15, 0.2) is 5.13 Å². The van der Waals surface area contributed by atoms with Crippen LogP contribution in [-0.4, -0.2) is 52.9 Å². The summed E-state index contributed by atoms with van der Waals surface area (Å²) in [5.41, 5.74) is 7.02. The van der Waals surface area contributed by atoms with Crippen molar-refractivity contribution in [2.45, 2.75) is 26.8 Å². The molecule has 1 fully saturated rings. The Balaban J connectivity index is 1.45. The number of thiazole rings is 1. The first-order chi connectivity index (χ1) is 12.5. The normalized spacial score (nSPS) is 14.3. The van der Waals surface area contributed by atoms with Gasteiger partial charge in [-0.25, -0.2) is 4.98 Å². The Morgan fingerprint density at radius 1 is 1.27 bits per heavy atom. The predicted octanol–water partition coefficient (Wildman–Crippen LogP) is 0.644. The molecule has 0 radical (unpaired) electrons. The van der Waals surface area contributed by atoms with Gasteiger partial charge in [0.1, 0.15) is 5.69 Å². The Hall–Kier alpha value is -2.46. The number of hydrogen-bond donors (Lipinski definition) is 2. The number of carbonyl (C=O) groups is 2. The van der Waals surface area contributed by atoms with Crippen molar-refractivity contribution in [1.29, 1.82) is 0 Å². The highest BCUT2D eigenvalue weighted by molar-refractivity contribution is 7.13. The van der Waals surface area contributed by atoms with Crippen molar-refractivity contribution < 1.29 is 14.3 Å². The maximum absolute atomic E-state index is 12.1. The minimum Gasteiger partial charge on any atom is -0.378 e. The lowest BCUT2D eigenvalue weighted by atomic mass is 10.4. The predicted molar refractivity (Wildman–Crippen MR) is 97.1 cm³/mol. The molecule has 1 aliphatic heterocycles. The van der Waals surface area contributed by atoms with E-state index < -0.39 is 5.91 Å². The number of nitrogens with one attached hydrogen (secondary N) is 2. The topological polar surface area (TPSA) is 101 Å². The molecule has 0 spiro atoms. The summed E-state index contributed by atoms with van der Waals surface area (Å²) < 4.78 is 7.08. The van der Waals surface area contributed by atoms with E-state index in [2.05, 4.69) is 25.8 Å². The molecule has 1 saturated heterocycles. The first-order valence-corrected chi connectivity index (χ1v) is 9.29. The third-order valence-corrected chi connectivity index (χ3v) is 4.88. The molecule has 2 N–H and O–H groups in total. The molecule has 0 unspecified atom stereocenters. The number of carbonyl (C=O) groups excluding carboxylic acids is 2. The number of amides is 2. The number of anilines is 1. The van der Waals surface area contributed by atoms with E-state index in [-0.39, 0.29) is 18.0 Å². The molecule has 0 atom stereocenters. The lowest BCUT2D eigenvalue weighted by Crippen LogP contribution is -2.42. The van der Waals surface area contributed by atoms with Gasteiger partial charge in [-0.15, -0.1) is 11.3 Å². The van der Waals surface area contributed by atoms with E-state index in [0.717, 1.165) is 29.6 Å². The summed E-state index contributed by atoms with van der Waals surface area (Å²) in [6.07, 6.45) is 0.221. The monoisotopic (exact) mass is 378 g/mol. The number of aromatic nitrogens is 3. The minimum atomic E-state index is -0.430. The first kappa shape index (κ1) is 18.3. The fourth-order valence-electron chi connectivity index (χ4n) is 2.63. The second-order valence-corrected chi connectivity index (χ2v) is 6.85. The van der Waals surface area contributed by atoms with Crippen molar-refractivity contribution in [3.8, 4) is 0 Å². The van der Waals surface area contributed by atoms with E-state index in [0.29, 0.717) is 19.8 Å². The SMILES string of the molecule is Cc1cc(C)n(CCC(=O)NNC(=O)c2csc(N3CCOCC3)n2)n1. The van der Waals surface area contributed by atoms with Crippen LogP contribution in [0.4, 0.5) is 5.13 Å². The average Bonchev–Trinajstić information content (AvgIpc) is 3.25. The summed E-state index contributed by atoms with van der Waals surface area (Å²) in [4.78, 5) is 30.5. The second kappa shape index (κ2) is 8.28. The Morgan fingerprint density at radius 3 is 2.73 bits per heavy atom. The van der Waals surface area contributed by atoms with Crippen LogP contribution >= 0.6 is 11.3 Å². The van der Waals surface area contributed by atoms with Gasteiger partial charge in [0.2, 0.25) is 5.91 Å². The van der Waals surface area contributed by atoms with Crippen LogP contribution in [0.25, 0.3) is 0 Å². The number of hydrogen-bond acceptors (Lipinski definition) is 7. The lowest BCUT2D eigenvalue weighted by molar-refractivity contribution is -0.122. The number of morpholine rings is 1. The van der Waals surface area contributed by atoms with Gasteiger partial charge in [-0.05, 0) is 19.9 Å². The van der Waals surface area contributed by atoms with E-state index in [4.69, 9.17) is 4.74 Å². The van der Waals surface area contributed by atoms with Crippen LogP contribution in [0.5, 0.6) is 0 Å². The van der Waals surface area contributed by atoms with Crippen LogP contribution in [-0.2, 0) is 16.1 Å². The van der Waals surface area contributed by atoms with E-state index in [9.17, 15) is 9.59 Å². The largest absolute Gasteiger partial charge is 0.378 e. The summed E-state index contributed by atoms with van der Waals surface area (Å²) in [5, 5.41) is 6.77. The Labute approximate surface area is 155 Å². The van der Waals surface area contributed by atoms with E-state index in [1.54, 1.807) is 10.1 Å². The van der Waals surface area contributed by atoms with Gasteiger partial charge in [0, 0.05) is 30.6 Å². The van der Waals surface area contributed by atoms with Crippen LogP contribution < -0.4 is 15.8 Å². The molecule has 0 saturated carbocycles. The molecule has 3 heterocycles. The molecule has 10 heteroatoms. The van der Waals surface area contributed by atoms with Crippen molar-refractivity contribution in [3.05, 3.63) is 28.5 Å². The highest BCUT2D eigenvalue weighted by atomic mass is 32.1. The minimum absolute atomic E-state index is 0.221. The molecule has 26 heavy (non-hydrogen) atoms. The van der Waals surface area contributed by atoms with Crippen LogP contribution in [0, 0.1) is 13.8 Å². The van der Waals surface area contributed by atoms with Crippen molar-refractivity contribution in [2.24, 2.45) is 0 Å². The maximum atomic E-state index is 12.1. The van der Waals surface area contributed by atoms with Crippen molar-refractivity contribution in [1.82, 2.24) is 25.6 Å². The summed E-state index contributed by atoms with van der Waals surface area (Å²) in [5.74, 6) is -0.713. The van der Waals surface area contributed by atoms with Crippen molar-refractivity contribution in [3.63, 3.8) is 0 Å². The summed E-state index contributed by atoms with van der Waals surface area (Å²) in [6.45, 7) is 7.14. The Bertz CT molecular complexity index is 781. The van der Waals surface area contributed by atoms with Gasteiger partial charge in [-0.3, -0.25) is 25.1 Å². The highest BCUT2D eigenvalue weighted by Crippen LogP contribution is 2.21. The summed E-state index contributed by atoms with van der Waals surface area (Å²) >= 11 is 1.40.